The minimum absolute atomic E-state index is 0.0330. The van der Waals surface area contributed by atoms with Crippen LogP contribution in [-0.4, -0.2) is 71.1 Å². The lowest BCUT2D eigenvalue weighted by atomic mass is 9.92. The molecule has 4 N–H and O–H groups in total. The highest BCUT2D eigenvalue weighted by Crippen LogP contribution is 2.51. The first-order valence-electron chi connectivity index (χ1n) is 9.10. The second-order valence-corrected chi connectivity index (χ2v) is 6.95. The van der Waals surface area contributed by atoms with Gasteiger partial charge in [-0.15, -0.1) is 5.01 Å². The Hall–Kier alpha value is -2.85. The zero-order valence-electron chi connectivity index (χ0n) is 15.4. The number of aliphatic hydroxyl groups excluding tert-OH is 1. The molecule has 4 aliphatic rings. The molecule has 9 heteroatoms. The number of Topliss-reactive ketones (excluding diaryl/α,β-unsaturated/α-hetero) is 1. The fraction of sp³-hybridized carbons (Fsp3) is 0.316. The molecule has 0 saturated carbocycles. The van der Waals surface area contributed by atoms with Crippen LogP contribution in [0.5, 0.6) is 5.75 Å². The summed E-state index contributed by atoms with van der Waals surface area (Å²) >= 11 is 0. The molecule has 5 rings (SSSR count). The molecule has 3 atom stereocenters. The van der Waals surface area contributed by atoms with Crippen LogP contribution in [0.3, 0.4) is 0 Å². The van der Waals surface area contributed by atoms with Crippen LogP contribution >= 0.6 is 0 Å². The summed E-state index contributed by atoms with van der Waals surface area (Å²) in [6, 6.07) is 5.84. The number of aromatic hydroxyl groups is 1. The van der Waals surface area contributed by atoms with Crippen LogP contribution in [0.4, 0.5) is 0 Å². The van der Waals surface area contributed by atoms with Crippen LogP contribution < -0.4 is 0 Å². The summed E-state index contributed by atoms with van der Waals surface area (Å²) in [6.45, 7) is 1.76. The molecule has 0 radical (unpaired) electrons. The lowest BCUT2D eigenvalue weighted by molar-refractivity contribution is -1.18. The van der Waals surface area contributed by atoms with Gasteiger partial charge in [0.05, 0.1) is 6.61 Å². The molecule has 0 amide bonds. The van der Waals surface area contributed by atoms with Crippen molar-refractivity contribution in [3.05, 3.63) is 66.3 Å². The normalized spacial score (nSPS) is 30.5. The largest absolute Gasteiger partial charge is 0.508 e. The fourth-order valence-electron chi connectivity index (χ4n) is 4.17. The second-order valence-electron chi connectivity index (χ2n) is 6.95. The van der Waals surface area contributed by atoms with Gasteiger partial charge in [-0.2, -0.15) is 10.3 Å². The van der Waals surface area contributed by atoms with Gasteiger partial charge in [-0.1, -0.05) is 13.0 Å². The molecule has 3 unspecified atom stereocenters. The molecule has 2 bridgehead atoms. The first-order chi connectivity index (χ1) is 13.4. The summed E-state index contributed by atoms with van der Waals surface area (Å²) < 4.78 is -0.744. The number of nitrogens with zero attached hydrogens (tertiary/aromatic N) is 4. The molecule has 1 fully saturated rings. The zero-order valence-corrected chi connectivity index (χ0v) is 15.4. The van der Waals surface area contributed by atoms with E-state index >= 15 is 0 Å². The highest BCUT2D eigenvalue weighted by Gasteiger charge is 2.73. The lowest BCUT2D eigenvalue weighted by Gasteiger charge is -2.51. The highest BCUT2D eigenvalue weighted by molar-refractivity contribution is 6.05. The third-order valence-corrected chi connectivity index (χ3v) is 5.43. The Bertz CT molecular complexity index is 883. The van der Waals surface area contributed by atoms with Gasteiger partial charge in [0.25, 0.3) is 0 Å². The van der Waals surface area contributed by atoms with Crippen LogP contribution in [-0.2, 0) is 0 Å². The van der Waals surface area contributed by atoms with Crippen LogP contribution in [0.1, 0.15) is 23.7 Å². The number of carbonyl (C=O) groups is 1. The van der Waals surface area contributed by atoms with Gasteiger partial charge >= 0.3 is 0 Å². The predicted molar refractivity (Wildman–Crippen MR) is 96.9 cm³/mol. The fourth-order valence-corrected chi connectivity index (χ4v) is 4.17. The maximum atomic E-state index is 13.7. The molecule has 1 aromatic rings. The minimum atomic E-state index is -1.50. The van der Waals surface area contributed by atoms with Crippen LogP contribution in [0.25, 0.3) is 0 Å². The van der Waals surface area contributed by atoms with E-state index in [4.69, 9.17) is 0 Å². The third kappa shape index (κ3) is 2.24. The molecule has 4 aliphatic heterocycles. The Balaban J connectivity index is 1.86. The minimum Gasteiger partial charge on any atom is -0.508 e. The number of ketones is 1. The summed E-state index contributed by atoms with van der Waals surface area (Å²) in [5.74, 6) is -0.0242. The van der Waals surface area contributed by atoms with Gasteiger partial charge in [-0.25, -0.2) is 0 Å². The lowest BCUT2D eigenvalue weighted by Crippen LogP contribution is -2.74. The summed E-state index contributed by atoms with van der Waals surface area (Å²) in [6.07, 6.45) is 7.98. The average Bonchev–Trinajstić information content (AvgIpc) is 3.06. The molecule has 4 heterocycles. The number of quaternary nitrogens is 1. The first kappa shape index (κ1) is 18.5. The van der Waals surface area contributed by atoms with E-state index in [1.807, 2.05) is 6.92 Å². The van der Waals surface area contributed by atoms with E-state index < -0.39 is 16.6 Å². The Labute approximate surface area is 162 Å². The smallest absolute Gasteiger partial charge is 0.249 e. The molecule has 0 aromatic heterocycles. The van der Waals surface area contributed by atoms with Crippen molar-refractivity contribution in [1.82, 2.24) is 15.0 Å². The number of fused-ring (bicyclic) bond motifs is 1. The number of aliphatic hydroxyl groups is 1. The van der Waals surface area contributed by atoms with E-state index in [9.17, 15) is 25.4 Å². The topological polar surface area (TPSA) is 108 Å². The van der Waals surface area contributed by atoms with E-state index in [0.29, 0.717) is 17.8 Å². The van der Waals surface area contributed by atoms with Crippen molar-refractivity contribution in [2.75, 3.05) is 13.2 Å². The average molecular weight is 387 g/mol. The number of allylic oxidation sites excluding steroid dienone is 2. The maximum Gasteiger partial charge on any atom is 0.249 e. The summed E-state index contributed by atoms with van der Waals surface area (Å²) in [4.78, 5) is 15.4. The number of hydroxylamine groups is 4. The second kappa shape index (κ2) is 6.35. The zero-order chi connectivity index (χ0) is 20.1. The number of β-amino-alcohol motifs (C(OH)–C–C–N with tert-alkyl or cyclic N) is 1. The third-order valence-electron chi connectivity index (χ3n) is 5.43. The molecule has 1 aromatic carbocycles. The van der Waals surface area contributed by atoms with Crippen molar-refractivity contribution in [1.29, 1.82) is 0 Å². The Morgan fingerprint density at radius 1 is 1.25 bits per heavy atom. The molecule has 9 nitrogen and oxygen atoms in total. The van der Waals surface area contributed by atoms with E-state index in [1.54, 1.807) is 29.3 Å². The molecule has 0 aliphatic carbocycles. The Morgan fingerprint density at radius 3 is 2.57 bits per heavy atom. The quantitative estimate of drug-likeness (QED) is 0.428. The Morgan fingerprint density at radius 2 is 1.96 bits per heavy atom. The molecule has 0 spiro atoms. The number of phenolic OH excluding ortho intramolecular Hbond substituents is 1. The molecular formula is C19H23N4O5+. The first-order valence-corrected chi connectivity index (χ1v) is 9.10. The van der Waals surface area contributed by atoms with Gasteiger partial charge in [0, 0.05) is 24.7 Å². The standard InChI is InChI=1S/C19H22N4O5/c1-2-17-21(27)16-13-23(17,28)22(16)19(9-3-4-10-20(19)11-12-24)18(26)14-5-7-15(25)8-6-14/h3-10,13,17,24,27-28H,2,11-12H2,1H3/p+1. The van der Waals surface area contributed by atoms with Crippen molar-refractivity contribution in [3.63, 3.8) is 0 Å². The van der Waals surface area contributed by atoms with Crippen LogP contribution in [0.15, 0.2) is 60.7 Å². The van der Waals surface area contributed by atoms with Gasteiger partial charge in [-0.3, -0.25) is 10.0 Å². The molecular weight excluding hydrogens is 364 g/mol. The van der Waals surface area contributed by atoms with Gasteiger partial charge in [-0.05, 0) is 41.2 Å². The number of hydrogen-bond donors (Lipinski definition) is 4. The highest BCUT2D eigenvalue weighted by atomic mass is 16.7. The van der Waals surface area contributed by atoms with Crippen molar-refractivity contribution in [3.8, 4) is 5.75 Å². The van der Waals surface area contributed by atoms with Crippen LogP contribution in [0, 0.1) is 0 Å². The van der Waals surface area contributed by atoms with E-state index in [1.165, 1.54) is 35.5 Å². The van der Waals surface area contributed by atoms with Gasteiger partial charge in [0.1, 0.15) is 5.75 Å². The maximum absolute atomic E-state index is 13.7. The van der Waals surface area contributed by atoms with Crippen LogP contribution in [0.2, 0.25) is 0 Å². The summed E-state index contributed by atoms with van der Waals surface area (Å²) in [5, 5.41) is 43.3. The van der Waals surface area contributed by atoms with Gasteiger partial charge in [0.15, 0.2) is 0 Å². The van der Waals surface area contributed by atoms with E-state index in [-0.39, 0.29) is 24.7 Å². The molecule has 148 valence electrons. The molecule has 28 heavy (non-hydrogen) atoms. The number of rotatable bonds is 6. The summed E-state index contributed by atoms with van der Waals surface area (Å²) in [5.41, 5.74) is -1.18. The van der Waals surface area contributed by atoms with Crippen molar-refractivity contribution in [2.45, 2.75) is 25.2 Å². The van der Waals surface area contributed by atoms with E-state index in [0.717, 1.165) is 5.06 Å². The number of hydrogen-bond acceptors (Lipinski definition) is 8. The summed E-state index contributed by atoms with van der Waals surface area (Å²) in [7, 11) is 0. The van der Waals surface area contributed by atoms with Crippen molar-refractivity contribution >= 4 is 5.78 Å². The Kier molecular flexibility index (Phi) is 4.20. The van der Waals surface area contributed by atoms with Crippen molar-refractivity contribution < 1.29 is 30.2 Å². The monoisotopic (exact) mass is 387 g/mol. The SMILES string of the molecule is CCC1N(O)C2=C[N+]1(O)N2C1(C(=O)c2ccc(O)cc2)C=CC=CN1CCO. The number of benzene rings is 1. The van der Waals surface area contributed by atoms with Gasteiger partial charge in [0.2, 0.25) is 29.6 Å². The number of phenols is 1. The molecule has 1 saturated heterocycles. The van der Waals surface area contributed by atoms with E-state index in [2.05, 4.69) is 0 Å². The van der Waals surface area contributed by atoms with Crippen molar-refractivity contribution in [2.24, 2.45) is 0 Å². The van der Waals surface area contributed by atoms with Gasteiger partial charge < -0.3 is 15.1 Å². The predicted octanol–water partition coefficient (Wildman–Crippen LogP) is 1.33. The number of carbonyl (C=O) groups excluding carboxylic acids is 1.